The minimum atomic E-state index is -2.26. The predicted molar refractivity (Wildman–Crippen MR) is 71.0 cm³/mol. The number of carboxylic acids is 1. The van der Waals surface area contributed by atoms with Crippen LogP contribution in [0.15, 0.2) is 4.90 Å². The van der Waals surface area contributed by atoms with Gasteiger partial charge in [0.25, 0.3) is 0 Å². The summed E-state index contributed by atoms with van der Waals surface area (Å²) >= 11 is -2.26. The van der Waals surface area contributed by atoms with E-state index in [9.17, 15) is 18.7 Å². The number of aromatic carboxylic acids is 1. The minimum Gasteiger partial charge on any atom is -0.478 e. The average Bonchev–Trinajstić information content (AvgIpc) is 2.27. The van der Waals surface area contributed by atoms with E-state index in [0.29, 0.717) is 16.8 Å². The van der Waals surface area contributed by atoms with Crippen molar-refractivity contribution in [3.63, 3.8) is 0 Å². The molecule has 4 N–H and O–H groups in total. The first-order chi connectivity index (χ1) is 8.36. The van der Waals surface area contributed by atoms with Crippen LogP contribution in [0.5, 0.6) is 0 Å². The van der Waals surface area contributed by atoms with Gasteiger partial charge in [-0.1, -0.05) is 0 Å². The lowest BCUT2D eigenvalue weighted by Gasteiger charge is -2.19. The summed E-state index contributed by atoms with van der Waals surface area (Å²) in [5.41, 5.74) is 1.83. The van der Waals surface area contributed by atoms with E-state index in [0.717, 1.165) is 0 Å². The van der Waals surface area contributed by atoms with E-state index >= 15 is 0 Å². The van der Waals surface area contributed by atoms with E-state index in [1.165, 1.54) is 7.05 Å². The first kappa shape index (κ1) is 14.5. The number of hydrogen-bond donors (Lipinski definition) is 4. The zero-order valence-electron chi connectivity index (χ0n) is 10.6. The van der Waals surface area contributed by atoms with Gasteiger partial charge in [-0.15, -0.1) is 0 Å². The van der Waals surface area contributed by atoms with Gasteiger partial charge in [0.2, 0.25) is 0 Å². The van der Waals surface area contributed by atoms with Crippen LogP contribution in [0.25, 0.3) is 0 Å². The van der Waals surface area contributed by atoms with Gasteiger partial charge in [0, 0.05) is 19.8 Å². The van der Waals surface area contributed by atoms with E-state index in [2.05, 4.69) is 10.6 Å². The monoisotopic (exact) mass is 272 g/mol. The second-order valence-electron chi connectivity index (χ2n) is 3.76. The van der Waals surface area contributed by atoms with Gasteiger partial charge in [-0.05, 0) is 25.0 Å². The average molecular weight is 272 g/mol. The molecule has 0 aliphatic heterocycles. The molecule has 1 aromatic carbocycles. The van der Waals surface area contributed by atoms with Gasteiger partial charge in [0.15, 0.2) is 11.1 Å². The van der Waals surface area contributed by atoms with Crippen LogP contribution < -0.4 is 10.6 Å². The fraction of sp³-hybridized carbons (Fsp3) is 0.364. The van der Waals surface area contributed by atoms with E-state index in [1.54, 1.807) is 20.9 Å². The van der Waals surface area contributed by atoms with Crippen molar-refractivity contribution in [3.8, 4) is 0 Å². The quantitative estimate of drug-likeness (QED) is 0.622. The Labute approximate surface area is 108 Å². The van der Waals surface area contributed by atoms with Crippen LogP contribution in [0.2, 0.25) is 0 Å². The Hall–Kier alpha value is -1.60. The maximum Gasteiger partial charge on any atom is 0.338 e. The zero-order valence-corrected chi connectivity index (χ0v) is 11.4. The van der Waals surface area contributed by atoms with E-state index in [4.69, 9.17) is 0 Å². The molecule has 1 unspecified atom stereocenters. The Kier molecular flexibility index (Phi) is 4.31. The third-order valence-electron chi connectivity index (χ3n) is 2.83. The summed E-state index contributed by atoms with van der Waals surface area (Å²) in [6.45, 7) is 3.34. The highest BCUT2D eigenvalue weighted by molar-refractivity contribution is 7.79. The van der Waals surface area contributed by atoms with Gasteiger partial charge in [-0.2, -0.15) is 0 Å². The molecule has 1 atom stereocenters. The fourth-order valence-electron chi connectivity index (χ4n) is 2.11. The van der Waals surface area contributed by atoms with Crippen molar-refractivity contribution in [1.29, 1.82) is 0 Å². The van der Waals surface area contributed by atoms with E-state index in [1.807, 2.05) is 0 Å². The molecule has 100 valence electrons. The molecule has 0 bridgehead atoms. The van der Waals surface area contributed by atoms with Crippen LogP contribution >= 0.6 is 0 Å². The maximum absolute atomic E-state index is 11.4. The molecule has 1 aromatic rings. The predicted octanol–water partition coefficient (Wildman–Crippen LogP) is 1.67. The number of carboxylic acid groups (broad SMARTS) is 1. The Morgan fingerprint density at radius 1 is 1.11 bits per heavy atom. The largest absolute Gasteiger partial charge is 0.478 e. The van der Waals surface area contributed by atoms with Crippen molar-refractivity contribution >= 4 is 28.4 Å². The SMILES string of the molecule is CNc1c(C)c(C(=O)O)c(NC)c(S(=O)O)c1C. The first-order valence-electron chi connectivity index (χ1n) is 5.23. The lowest BCUT2D eigenvalue weighted by atomic mass is 10.00. The highest BCUT2D eigenvalue weighted by atomic mass is 32.2. The van der Waals surface area contributed by atoms with Crippen molar-refractivity contribution in [2.24, 2.45) is 0 Å². The highest BCUT2D eigenvalue weighted by Crippen LogP contribution is 2.36. The number of hydrogen-bond acceptors (Lipinski definition) is 4. The molecular formula is C11H16N2O4S. The molecular weight excluding hydrogens is 256 g/mol. The first-order valence-corrected chi connectivity index (χ1v) is 6.34. The minimum absolute atomic E-state index is 0.00449. The molecule has 0 saturated carbocycles. The lowest BCUT2D eigenvalue weighted by Crippen LogP contribution is -2.13. The molecule has 1 rings (SSSR count). The van der Waals surface area contributed by atoms with Crippen LogP contribution in [-0.4, -0.2) is 33.9 Å². The standard InChI is InChI=1S/C11H16N2O4S/c1-5-7(11(14)15)9(13-4)10(18(16)17)6(2)8(5)12-3/h12-13H,1-4H3,(H,14,15)(H,16,17). The van der Waals surface area contributed by atoms with Gasteiger partial charge in [-0.3, -0.25) is 0 Å². The van der Waals surface area contributed by atoms with Gasteiger partial charge < -0.3 is 20.3 Å². The van der Waals surface area contributed by atoms with Crippen LogP contribution in [0.3, 0.4) is 0 Å². The third-order valence-corrected chi connectivity index (χ3v) is 3.69. The molecule has 18 heavy (non-hydrogen) atoms. The van der Waals surface area contributed by atoms with Crippen LogP contribution in [0.4, 0.5) is 11.4 Å². The molecule has 0 saturated heterocycles. The summed E-state index contributed by atoms with van der Waals surface area (Å²) in [5.74, 6) is -1.14. The van der Waals surface area contributed by atoms with Gasteiger partial charge in [-0.25, -0.2) is 9.00 Å². The van der Waals surface area contributed by atoms with Crippen LogP contribution in [-0.2, 0) is 11.1 Å². The second-order valence-corrected chi connectivity index (χ2v) is 4.66. The number of anilines is 2. The van der Waals surface area contributed by atoms with E-state index in [-0.39, 0.29) is 16.1 Å². The summed E-state index contributed by atoms with van der Waals surface area (Å²) in [5, 5.41) is 14.8. The molecule has 0 aliphatic carbocycles. The lowest BCUT2D eigenvalue weighted by molar-refractivity contribution is 0.0697. The maximum atomic E-state index is 11.4. The molecule has 6 nitrogen and oxygen atoms in total. The fourth-order valence-corrected chi connectivity index (χ4v) is 2.85. The van der Waals surface area contributed by atoms with Crippen molar-refractivity contribution in [2.75, 3.05) is 24.7 Å². The van der Waals surface area contributed by atoms with Crippen molar-refractivity contribution in [1.82, 2.24) is 0 Å². The Morgan fingerprint density at radius 2 is 1.61 bits per heavy atom. The summed E-state index contributed by atoms with van der Waals surface area (Å²) in [7, 11) is 3.17. The number of rotatable bonds is 4. The summed E-state index contributed by atoms with van der Waals surface area (Å²) in [4.78, 5) is 11.4. The third kappa shape index (κ3) is 2.19. The number of nitrogens with one attached hydrogen (secondary N) is 2. The van der Waals surface area contributed by atoms with Crippen LogP contribution in [0.1, 0.15) is 21.5 Å². The number of benzene rings is 1. The Morgan fingerprint density at radius 3 is 1.94 bits per heavy atom. The van der Waals surface area contributed by atoms with Gasteiger partial charge in [0.1, 0.15) is 0 Å². The highest BCUT2D eigenvalue weighted by Gasteiger charge is 2.25. The Bertz CT molecular complexity index is 487. The van der Waals surface area contributed by atoms with Crippen molar-refractivity contribution in [3.05, 3.63) is 16.7 Å². The van der Waals surface area contributed by atoms with Crippen molar-refractivity contribution in [2.45, 2.75) is 18.7 Å². The molecule has 0 radical (unpaired) electrons. The molecule has 0 spiro atoms. The zero-order chi connectivity index (χ0) is 14.0. The molecule has 0 aromatic heterocycles. The summed E-state index contributed by atoms with van der Waals surface area (Å²) in [6.07, 6.45) is 0. The molecule has 0 heterocycles. The molecule has 0 amide bonds. The normalized spacial score (nSPS) is 12.1. The molecule has 7 heteroatoms. The smallest absolute Gasteiger partial charge is 0.338 e. The summed E-state index contributed by atoms with van der Waals surface area (Å²) < 4.78 is 20.8. The second kappa shape index (κ2) is 5.36. The van der Waals surface area contributed by atoms with Gasteiger partial charge in [0.05, 0.1) is 16.1 Å². The van der Waals surface area contributed by atoms with Crippen LogP contribution in [0, 0.1) is 13.8 Å². The molecule has 0 aliphatic rings. The molecule has 0 fully saturated rings. The number of carbonyl (C=O) groups is 1. The van der Waals surface area contributed by atoms with Crippen molar-refractivity contribution < 1.29 is 18.7 Å². The Balaban J connectivity index is 3.87. The summed E-state index contributed by atoms with van der Waals surface area (Å²) in [6, 6.07) is 0. The van der Waals surface area contributed by atoms with E-state index < -0.39 is 17.0 Å². The van der Waals surface area contributed by atoms with Gasteiger partial charge >= 0.3 is 5.97 Å². The topological polar surface area (TPSA) is 98.7 Å².